The van der Waals surface area contributed by atoms with Gasteiger partial charge in [-0.2, -0.15) is 11.8 Å². The minimum Gasteiger partial charge on any atom is -0.491 e. The fourth-order valence-electron chi connectivity index (χ4n) is 3.27. The molecule has 0 spiro atoms. The fraction of sp³-hybridized carbons (Fsp3) is 0.667. The van der Waals surface area contributed by atoms with Gasteiger partial charge in [-0.25, -0.2) is 0 Å². The number of benzene rings is 1. The van der Waals surface area contributed by atoms with Crippen molar-refractivity contribution in [3.8, 4) is 5.75 Å². The number of aryl methyl sites for hydroxylation is 2. The van der Waals surface area contributed by atoms with Crippen molar-refractivity contribution in [3.63, 3.8) is 0 Å². The van der Waals surface area contributed by atoms with Gasteiger partial charge in [0.15, 0.2) is 0 Å². The number of hydrogen-bond acceptors (Lipinski definition) is 5. The highest BCUT2D eigenvalue weighted by Gasteiger charge is 2.34. The van der Waals surface area contributed by atoms with Gasteiger partial charge in [0.05, 0.1) is 0 Å². The topological polar surface area (TPSA) is 35.9 Å². The summed E-state index contributed by atoms with van der Waals surface area (Å²) in [5, 5.41) is 10.9. The molecule has 1 N–H and O–H groups in total. The molecule has 3 atom stereocenters. The minimum absolute atomic E-state index is 0.343. The monoisotopic (exact) mass is 338 g/mol. The number of β-amino-alcohol motifs (C(OH)–C–C–N with tert-alkyl or cyclic N) is 1. The van der Waals surface area contributed by atoms with Crippen LogP contribution >= 0.6 is 11.8 Å². The van der Waals surface area contributed by atoms with E-state index in [1.54, 1.807) is 0 Å². The molecule has 0 aliphatic carbocycles. The van der Waals surface area contributed by atoms with Crippen LogP contribution in [0.5, 0.6) is 5.75 Å². The van der Waals surface area contributed by atoms with Crippen LogP contribution in [-0.2, 0) is 0 Å². The van der Waals surface area contributed by atoms with Gasteiger partial charge >= 0.3 is 0 Å². The van der Waals surface area contributed by atoms with Crippen LogP contribution in [0, 0.1) is 13.8 Å². The number of hydrogen-bond donors (Lipinski definition) is 1. The van der Waals surface area contributed by atoms with Gasteiger partial charge in [0, 0.05) is 30.9 Å². The second kappa shape index (κ2) is 8.38. The highest BCUT2D eigenvalue weighted by molar-refractivity contribution is 7.99. The lowest BCUT2D eigenvalue weighted by Gasteiger charge is -2.24. The lowest BCUT2D eigenvalue weighted by molar-refractivity contribution is 0.0738. The molecule has 1 aliphatic rings. The predicted molar refractivity (Wildman–Crippen MR) is 98.6 cm³/mol. The molecule has 0 saturated carbocycles. The van der Waals surface area contributed by atoms with E-state index in [0.29, 0.717) is 24.4 Å². The van der Waals surface area contributed by atoms with E-state index >= 15 is 0 Å². The van der Waals surface area contributed by atoms with Gasteiger partial charge in [-0.05, 0) is 57.5 Å². The van der Waals surface area contributed by atoms with Gasteiger partial charge in [-0.1, -0.05) is 6.07 Å². The van der Waals surface area contributed by atoms with Crippen LogP contribution < -0.4 is 4.74 Å². The molecule has 2 rings (SSSR count). The molecule has 1 fully saturated rings. The molecule has 0 unspecified atom stereocenters. The normalized spacial score (nSPS) is 23.4. The second-order valence-corrected chi connectivity index (χ2v) is 7.89. The summed E-state index contributed by atoms with van der Waals surface area (Å²) < 4.78 is 5.77. The number of likely N-dealkylation sites (N-methyl/N-ethyl adjacent to an activating group) is 1. The summed E-state index contributed by atoms with van der Waals surface area (Å²) >= 11 is 1.92. The second-order valence-electron chi connectivity index (χ2n) is 6.81. The molecule has 1 aliphatic heterocycles. The standard InChI is InChI=1S/C18H30N2O2S/c1-13-6-14(2)8-16(7-13)22-12-15(21)9-20-10-17(19(3)4)18(11-20)23-5/h6-8,15,17-18,21H,9-12H2,1-5H3/t15-,17-,18-/m1/s1. The highest BCUT2D eigenvalue weighted by Crippen LogP contribution is 2.24. The molecule has 0 aromatic heterocycles. The first-order chi connectivity index (χ1) is 10.9. The number of rotatable bonds is 7. The molecule has 0 bridgehead atoms. The summed E-state index contributed by atoms with van der Waals surface area (Å²) in [5.41, 5.74) is 2.37. The van der Waals surface area contributed by atoms with Crippen LogP contribution in [0.3, 0.4) is 0 Å². The van der Waals surface area contributed by atoms with E-state index in [4.69, 9.17) is 4.74 Å². The van der Waals surface area contributed by atoms with Crippen molar-refractivity contribution >= 4 is 11.8 Å². The van der Waals surface area contributed by atoms with Crippen molar-refractivity contribution in [1.29, 1.82) is 0 Å². The Hall–Kier alpha value is -0.750. The lowest BCUT2D eigenvalue weighted by atomic mass is 10.1. The molecule has 1 heterocycles. The molecular weight excluding hydrogens is 308 g/mol. The zero-order valence-corrected chi connectivity index (χ0v) is 15.8. The molecule has 0 amide bonds. The van der Waals surface area contributed by atoms with Gasteiger partial charge < -0.3 is 14.7 Å². The van der Waals surface area contributed by atoms with Crippen molar-refractivity contribution in [2.24, 2.45) is 0 Å². The third-order valence-corrected chi connectivity index (χ3v) is 5.45. The summed E-state index contributed by atoms with van der Waals surface area (Å²) in [6, 6.07) is 6.71. The summed E-state index contributed by atoms with van der Waals surface area (Å²) in [7, 11) is 4.27. The van der Waals surface area contributed by atoms with E-state index in [9.17, 15) is 5.11 Å². The highest BCUT2D eigenvalue weighted by atomic mass is 32.2. The van der Waals surface area contributed by atoms with E-state index in [-0.39, 0.29) is 0 Å². The molecule has 5 heteroatoms. The Morgan fingerprint density at radius 3 is 2.43 bits per heavy atom. The summed E-state index contributed by atoms with van der Waals surface area (Å²) in [6.45, 7) is 7.18. The zero-order chi connectivity index (χ0) is 17.0. The van der Waals surface area contributed by atoms with E-state index in [2.05, 4.69) is 50.1 Å². The molecule has 1 aromatic carbocycles. The summed E-state index contributed by atoms with van der Waals surface area (Å²) in [5.74, 6) is 0.844. The van der Waals surface area contributed by atoms with E-state index in [0.717, 1.165) is 18.8 Å². The van der Waals surface area contributed by atoms with Crippen molar-refractivity contribution < 1.29 is 9.84 Å². The number of aliphatic hydroxyl groups is 1. The Labute approximate surface area is 144 Å². The summed E-state index contributed by atoms with van der Waals surface area (Å²) in [6.07, 6.45) is 1.71. The van der Waals surface area contributed by atoms with E-state index in [1.165, 1.54) is 11.1 Å². The number of likely N-dealkylation sites (tertiary alicyclic amines) is 1. The Morgan fingerprint density at radius 1 is 1.26 bits per heavy atom. The van der Waals surface area contributed by atoms with E-state index < -0.39 is 6.10 Å². The van der Waals surface area contributed by atoms with Gasteiger partial charge in [0.2, 0.25) is 0 Å². The number of ether oxygens (including phenoxy) is 1. The molecule has 1 aromatic rings. The Kier molecular flexibility index (Phi) is 6.77. The Bertz CT molecular complexity index is 490. The summed E-state index contributed by atoms with van der Waals surface area (Å²) in [4.78, 5) is 4.64. The van der Waals surface area contributed by atoms with Crippen molar-refractivity contribution in [3.05, 3.63) is 29.3 Å². The zero-order valence-electron chi connectivity index (χ0n) is 15.0. The maximum Gasteiger partial charge on any atom is 0.119 e. The molecule has 130 valence electrons. The van der Waals surface area contributed by atoms with Crippen molar-refractivity contribution in [2.75, 3.05) is 46.6 Å². The van der Waals surface area contributed by atoms with Crippen LogP contribution in [0.25, 0.3) is 0 Å². The van der Waals surface area contributed by atoms with Crippen molar-refractivity contribution in [1.82, 2.24) is 9.80 Å². The maximum atomic E-state index is 10.3. The molecule has 0 radical (unpaired) electrons. The molecule has 23 heavy (non-hydrogen) atoms. The van der Waals surface area contributed by atoms with Gasteiger partial charge in [0.25, 0.3) is 0 Å². The molecule has 1 saturated heterocycles. The lowest BCUT2D eigenvalue weighted by Crippen LogP contribution is -2.38. The van der Waals surface area contributed by atoms with E-state index in [1.807, 2.05) is 23.9 Å². The third-order valence-electron chi connectivity index (χ3n) is 4.39. The quantitative estimate of drug-likeness (QED) is 0.823. The third kappa shape index (κ3) is 5.38. The number of nitrogens with zero attached hydrogens (tertiary/aromatic N) is 2. The predicted octanol–water partition coefficient (Wildman–Crippen LogP) is 2.02. The first-order valence-electron chi connectivity index (χ1n) is 8.19. The average molecular weight is 339 g/mol. The van der Waals surface area contributed by atoms with Crippen LogP contribution in [0.4, 0.5) is 0 Å². The Morgan fingerprint density at radius 2 is 1.91 bits per heavy atom. The van der Waals surface area contributed by atoms with Gasteiger partial charge in [-0.3, -0.25) is 4.90 Å². The van der Waals surface area contributed by atoms with Crippen LogP contribution in [-0.4, -0.2) is 78.9 Å². The van der Waals surface area contributed by atoms with Crippen LogP contribution in [0.1, 0.15) is 11.1 Å². The maximum absolute atomic E-state index is 10.3. The SMILES string of the molecule is CS[C@@H]1CN(C[C@@H](O)COc2cc(C)cc(C)c2)C[C@H]1N(C)C. The van der Waals surface area contributed by atoms with Gasteiger partial charge in [0.1, 0.15) is 18.5 Å². The largest absolute Gasteiger partial charge is 0.491 e. The first kappa shape index (κ1) is 18.6. The molecular formula is C18H30N2O2S. The van der Waals surface area contributed by atoms with Gasteiger partial charge in [-0.15, -0.1) is 0 Å². The molecule has 4 nitrogen and oxygen atoms in total. The minimum atomic E-state index is -0.459. The number of thioether (sulfide) groups is 1. The van der Waals surface area contributed by atoms with Crippen LogP contribution in [0.2, 0.25) is 0 Å². The Balaban J connectivity index is 1.82. The first-order valence-corrected chi connectivity index (χ1v) is 9.48. The smallest absolute Gasteiger partial charge is 0.119 e. The fourth-order valence-corrected chi connectivity index (χ4v) is 4.27. The van der Waals surface area contributed by atoms with Crippen LogP contribution in [0.15, 0.2) is 18.2 Å². The van der Waals surface area contributed by atoms with Crippen molar-refractivity contribution in [2.45, 2.75) is 31.2 Å². The average Bonchev–Trinajstić information content (AvgIpc) is 2.87. The number of aliphatic hydroxyl groups excluding tert-OH is 1.